The molecule has 2 N–H and O–H groups in total. The van der Waals surface area contributed by atoms with Gasteiger partial charge in [-0.2, -0.15) is 4.68 Å². The maximum atomic E-state index is 12.0. The molecule has 1 amide bonds. The Hall–Kier alpha value is -3.02. The van der Waals surface area contributed by atoms with Crippen LogP contribution >= 0.6 is 0 Å². The molecule has 1 aliphatic carbocycles. The predicted molar refractivity (Wildman–Crippen MR) is 89.4 cm³/mol. The lowest BCUT2D eigenvalue weighted by Gasteiger charge is -2.11. The number of pyridine rings is 1. The van der Waals surface area contributed by atoms with E-state index in [0.717, 1.165) is 11.1 Å². The van der Waals surface area contributed by atoms with Crippen molar-refractivity contribution >= 4 is 5.91 Å². The number of nitrogens with zero attached hydrogens (tertiary/aromatic N) is 4. The van der Waals surface area contributed by atoms with Crippen LogP contribution in [0.2, 0.25) is 0 Å². The second-order valence-electron chi connectivity index (χ2n) is 6.17. The van der Waals surface area contributed by atoms with E-state index in [4.69, 9.17) is 5.73 Å². The highest BCUT2D eigenvalue weighted by molar-refractivity contribution is 5.89. The lowest BCUT2D eigenvalue weighted by atomic mass is 10.1. The Morgan fingerprint density at radius 2 is 1.96 bits per heavy atom. The molecule has 0 spiro atoms. The maximum Gasteiger partial charge on any atom is 0.231 e. The minimum atomic E-state index is -0.731. The van der Waals surface area contributed by atoms with Crippen molar-refractivity contribution in [2.45, 2.75) is 25.2 Å². The molecule has 0 bridgehead atoms. The number of primary amides is 1. The Bertz CT molecular complexity index is 912. The van der Waals surface area contributed by atoms with Crippen LogP contribution in [-0.2, 0) is 10.2 Å². The first kappa shape index (κ1) is 14.6. The van der Waals surface area contributed by atoms with Gasteiger partial charge in [-0.1, -0.05) is 30.3 Å². The molecule has 1 aromatic carbocycles. The predicted octanol–water partition coefficient (Wildman–Crippen LogP) is 2.15. The van der Waals surface area contributed by atoms with Crippen molar-refractivity contribution in [2.24, 2.45) is 5.73 Å². The zero-order valence-electron chi connectivity index (χ0n) is 13.3. The van der Waals surface area contributed by atoms with Gasteiger partial charge in [-0.15, -0.1) is 5.10 Å². The molecular weight excluding hydrogens is 302 g/mol. The first-order valence-corrected chi connectivity index (χ1v) is 7.86. The van der Waals surface area contributed by atoms with Crippen molar-refractivity contribution in [1.82, 2.24) is 19.7 Å². The molecule has 120 valence electrons. The van der Waals surface area contributed by atoms with Crippen molar-refractivity contribution < 1.29 is 4.79 Å². The van der Waals surface area contributed by atoms with Crippen LogP contribution in [-0.4, -0.2) is 25.7 Å². The highest BCUT2D eigenvalue weighted by Crippen LogP contribution is 2.47. The Morgan fingerprint density at radius 1 is 1.21 bits per heavy atom. The van der Waals surface area contributed by atoms with Gasteiger partial charge in [0.25, 0.3) is 0 Å². The third-order valence-corrected chi connectivity index (χ3v) is 4.41. The van der Waals surface area contributed by atoms with E-state index in [1.807, 2.05) is 49.4 Å². The smallest absolute Gasteiger partial charge is 0.231 e. The third-order valence-electron chi connectivity index (χ3n) is 4.41. The standard InChI is InChI=1S/C18H17N5O/c1-12-7-10-20-14(11-12)23-17(18(8-9-18)16(19)24)21-15(22-23)13-5-3-2-4-6-13/h2-7,10-11H,8-9H2,1H3,(H2,19,24). The molecule has 24 heavy (non-hydrogen) atoms. The van der Waals surface area contributed by atoms with Crippen LogP contribution in [0, 0.1) is 6.92 Å². The number of nitrogens with two attached hydrogens (primary N) is 1. The van der Waals surface area contributed by atoms with Crippen LogP contribution in [0.15, 0.2) is 48.7 Å². The largest absolute Gasteiger partial charge is 0.369 e. The van der Waals surface area contributed by atoms with Crippen LogP contribution < -0.4 is 5.73 Å². The highest BCUT2D eigenvalue weighted by Gasteiger charge is 2.54. The average molecular weight is 319 g/mol. The molecule has 2 aromatic heterocycles. The van der Waals surface area contributed by atoms with Crippen LogP contribution in [0.4, 0.5) is 0 Å². The van der Waals surface area contributed by atoms with Gasteiger partial charge in [0.05, 0.1) is 0 Å². The SMILES string of the molecule is Cc1ccnc(-n2nc(-c3ccccc3)nc2C2(C(N)=O)CC2)c1. The van der Waals surface area contributed by atoms with E-state index in [9.17, 15) is 4.79 Å². The summed E-state index contributed by atoms with van der Waals surface area (Å²) in [7, 11) is 0. The number of amides is 1. The number of benzene rings is 1. The van der Waals surface area contributed by atoms with Gasteiger partial charge in [0.15, 0.2) is 11.6 Å². The van der Waals surface area contributed by atoms with Gasteiger partial charge in [0.2, 0.25) is 5.91 Å². The van der Waals surface area contributed by atoms with E-state index in [1.165, 1.54) is 0 Å². The molecule has 0 unspecified atom stereocenters. The summed E-state index contributed by atoms with van der Waals surface area (Å²) in [5.74, 6) is 1.43. The van der Waals surface area contributed by atoms with Crippen molar-refractivity contribution in [3.05, 3.63) is 60.0 Å². The van der Waals surface area contributed by atoms with Gasteiger partial charge < -0.3 is 5.73 Å². The molecular formula is C18H17N5O. The van der Waals surface area contributed by atoms with Crippen molar-refractivity contribution in [2.75, 3.05) is 0 Å². The third kappa shape index (κ3) is 2.27. The van der Waals surface area contributed by atoms with Crippen molar-refractivity contribution in [3.8, 4) is 17.2 Å². The van der Waals surface area contributed by atoms with E-state index < -0.39 is 5.41 Å². The second-order valence-corrected chi connectivity index (χ2v) is 6.17. The molecule has 6 heteroatoms. The number of hydrogen-bond acceptors (Lipinski definition) is 4. The number of aryl methyl sites for hydroxylation is 1. The number of carbonyl (C=O) groups is 1. The van der Waals surface area contributed by atoms with Crippen molar-refractivity contribution in [1.29, 1.82) is 0 Å². The Labute approximate surface area is 139 Å². The lowest BCUT2D eigenvalue weighted by Crippen LogP contribution is -2.31. The second kappa shape index (κ2) is 5.26. The van der Waals surface area contributed by atoms with Crippen LogP contribution in [0.3, 0.4) is 0 Å². The Balaban J connectivity index is 1.91. The summed E-state index contributed by atoms with van der Waals surface area (Å²) in [4.78, 5) is 21.0. The zero-order valence-corrected chi connectivity index (χ0v) is 13.3. The molecule has 0 radical (unpaired) electrons. The molecule has 0 saturated heterocycles. The van der Waals surface area contributed by atoms with E-state index in [1.54, 1.807) is 10.9 Å². The van der Waals surface area contributed by atoms with Gasteiger partial charge in [-0.3, -0.25) is 4.79 Å². The lowest BCUT2D eigenvalue weighted by molar-refractivity contribution is -0.120. The fraction of sp³-hybridized carbons (Fsp3) is 0.222. The Morgan fingerprint density at radius 3 is 2.58 bits per heavy atom. The summed E-state index contributed by atoms with van der Waals surface area (Å²) in [6.45, 7) is 1.99. The zero-order chi connectivity index (χ0) is 16.7. The fourth-order valence-electron chi connectivity index (χ4n) is 2.83. The van der Waals surface area contributed by atoms with Gasteiger partial charge in [-0.25, -0.2) is 9.97 Å². The van der Waals surface area contributed by atoms with Gasteiger partial charge in [-0.05, 0) is 37.5 Å². The number of hydrogen-bond donors (Lipinski definition) is 1. The summed E-state index contributed by atoms with van der Waals surface area (Å²) in [6, 6.07) is 13.5. The molecule has 2 heterocycles. The minimum Gasteiger partial charge on any atom is -0.369 e. The summed E-state index contributed by atoms with van der Waals surface area (Å²) in [6.07, 6.45) is 3.12. The summed E-state index contributed by atoms with van der Waals surface area (Å²) in [5.41, 5.74) is 6.87. The molecule has 1 fully saturated rings. The van der Waals surface area contributed by atoms with Crippen LogP contribution in [0.25, 0.3) is 17.2 Å². The molecule has 4 rings (SSSR count). The normalized spacial score (nSPS) is 15.2. The van der Waals surface area contributed by atoms with E-state index in [-0.39, 0.29) is 5.91 Å². The maximum absolute atomic E-state index is 12.0. The molecule has 3 aromatic rings. The van der Waals surface area contributed by atoms with Gasteiger partial charge >= 0.3 is 0 Å². The van der Waals surface area contributed by atoms with Gasteiger partial charge in [0.1, 0.15) is 11.2 Å². The summed E-state index contributed by atoms with van der Waals surface area (Å²) < 4.78 is 1.66. The molecule has 1 saturated carbocycles. The highest BCUT2D eigenvalue weighted by atomic mass is 16.1. The molecule has 0 atom stereocenters. The number of aromatic nitrogens is 4. The Kier molecular flexibility index (Phi) is 3.19. The number of rotatable bonds is 4. The molecule has 0 aliphatic heterocycles. The van der Waals surface area contributed by atoms with Crippen LogP contribution in [0.1, 0.15) is 24.2 Å². The first-order chi connectivity index (χ1) is 11.6. The summed E-state index contributed by atoms with van der Waals surface area (Å²) >= 11 is 0. The first-order valence-electron chi connectivity index (χ1n) is 7.86. The molecule has 6 nitrogen and oxygen atoms in total. The quantitative estimate of drug-likeness (QED) is 0.798. The number of carbonyl (C=O) groups excluding carboxylic acids is 1. The van der Waals surface area contributed by atoms with E-state index in [2.05, 4.69) is 15.1 Å². The minimum absolute atomic E-state index is 0.358. The fourth-order valence-corrected chi connectivity index (χ4v) is 2.83. The topological polar surface area (TPSA) is 86.7 Å². The van der Waals surface area contributed by atoms with E-state index in [0.29, 0.717) is 30.3 Å². The average Bonchev–Trinajstić information content (AvgIpc) is 3.28. The van der Waals surface area contributed by atoms with Gasteiger partial charge in [0, 0.05) is 11.8 Å². The van der Waals surface area contributed by atoms with Crippen molar-refractivity contribution in [3.63, 3.8) is 0 Å². The van der Waals surface area contributed by atoms with E-state index >= 15 is 0 Å². The summed E-state index contributed by atoms with van der Waals surface area (Å²) in [5, 5.41) is 4.62. The monoisotopic (exact) mass is 319 g/mol. The van der Waals surface area contributed by atoms with Crippen LogP contribution in [0.5, 0.6) is 0 Å². The molecule has 1 aliphatic rings.